The Bertz CT molecular complexity index is 187. The lowest BCUT2D eigenvalue weighted by atomic mass is 10.5. The van der Waals surface area contributed by atoms with E-state index in [0.717, 1.165) is 11.0 Å². The number of halogens is 2. The van der Waals surface area contributed by atoms with Gasteiger partial charge in [0.15, 0.2) is 0 Å². The molecule has 0 bridgehead atoms. The Morgan fingerprint density at radius 2 is 2.22 bits per heavy atom. The van der Waals surface area contributed by atoms with Crippen LogP contribution in [-0.2, 0) is 5.33 Å². The third kappa shape index (κ3) is 1.91. The van der Waals surface area contributed by atoms with Gasteiger partial charge in [0.1, 0.15) is 5.15 Å². The fourth-order valence-corrected chi connectivity index (χ4v) is 0.795. The second-order valence-corrected chi connectivity index (χ2v) is 2.41. The first-order chi connectivity index (χ1) is 4.33. The van der Waals surface area contributed by atoms with Crippen LogP contribution in [0.5, 0.6) is 0 Å². The van der Waals surface area contributed by atoms with Gasteiger partial charge in [-0.1, -0.05) is 27.5 Å². The Hall–Kier alpha value is -0.150. The molecule has 0 N–H and O–H groups in total. The molecule has 0 spiro atoms. The number of hydrogen-bond acceptors (Lipinski definition) is 2. The van der Waals surface area contributed by atoms with Crippen LogP contribution < -0.4 is 0 Å². The summed E-state index contributed by atoms with van der Waals surface area (Å²) in [5.74, 6) is 0. The van der Waals surface area contributed by atoms with Crippen molar-refractivity contribution in [1.82, 2.24) is 9.97 Å². The van der Waals surface area contributed by atoms with Crippen LogP contribution >= 0.6 is 27.5 Å². The molecule has 0 radical (unpaired) electrons. The Morgan fingerprint density at radius 1 is 1.44 bits per heavy atom. The van der Waals surface area contributed by atoms with Crippen molar-refractivity contribution in [2.24, 2.45) is 0 Å². The lowest BCUT2D eigenvalue weighted by molar-refractivity contribution is 1.11. The van der Waals surface area contributed by atoms with Crippen LogP contribution in [0.1, 0.15) is 5.69 Å². The van der Waals surface area contributed by atoms with Crippen molar-refractivity contribution in [3.8, 4) is 0 Å². The van der Waals surface area contributed by atoms with E-state index in [1.54, 1.807) is 6.20 Å². The van der Waals surface area contributed by atoms with Gasteiger partial charge in [-0.3, -0.25) is 4.98 Å². The third-order valence-electron chi connectivity index (χ3n) is 0.811. The van der Waals surface area contributed by atoms with E-state index in [9.17, 15) is 0 Å². The molecule has 1 aromatic rings. The quantitative estimate of drug-likeness (QED) is 0.659. The van der Waals surface area contributed by atoms with Crippen molar-refractivity contribution in [2.45, 2.75) is 5.33 Å². The highest BCUT2D eigenvalue weighted by Crippen LogP contribution is 2.03. The molecule has 0 aliphatic heterocycles. The molecular weight excluding hydrogens is 203 g/mol. The Kier molecular flexibility index (Phi) is 2.42. The highest BCUT2D eigenvalue weighted by Gasteiger charge is 1.90. The number of hydrogen-bond donors (Lipinski definition) is 0. The fourth-order valence-electron chi connectivity index (χ4n) is 0.408. The van der Waals surface area contributed by atoms with E-state index < -0.39 is 0 Å². The molecule has 48 valence electrons. The van der Waals surface area contributed by atoms with E-state index in [0.29, 0.717) is 5.15 Å². The van der Waals surface area contributed by atoms with Crippen molar-refractivity contribution in [3.05, 3.63) is 23.2 Å². The van der Waals surface area contributed by atoms with Crippen molar-refractivity contribution in [3.63, 3.8) is 0 Å². The van der Waals surface area contributed by atoms with E-state index in [-0.39, 0.29) is 0 Å². The largest absolute Gasteiger partial charge is 0.256 e. The second-order valence-electron chi connectivity index (χ2n) is 1.46. The highest BCUT2D eigenvalue weighted by molar-refractivity contribution is 9.08. The Morgan fingerprint density at radius 3 is 2.67 bits per heavy atom. The number of rotatable bonds is 1. The van der Waals surface area contributed by atoms with Gasteiger partial charge in [0.2, 0.25) is 0 Å². The molecule has 4 heteroatoms. The van der Waals surface area contributed by atoms with Crippen LogP contribution in [0.4, 0.5) is 0 Å². The maximum atomic E-state index is 5.48. The molecule has 1 aromatic heterocycles. The summed E-state index contributed by atoms with van der Waals surface area (Å²) >= 11 is 8.72. The second kappa shape index (κ2) is 3.13. The topological polar surface area (TPSA) is 25.8 Å². The lowest BCUT2D eigenvalue weighted by Crippen LogP contribution is -1.84. The van der Waals surface area contributed by atoms with Gasteiger partial charge in [-0.05, 0) is 0 Å². The van der Waals surface area contributed by atoms with E-state index in [1.165, 1.54) is 6.20 Å². The Labute approximate surface area is 66.4 Å². The normalized spacial score (nSPS) is 9.56. The van der Waals surface area contributed by atoms with Crippen LogP contribution in [0.3, 0.4) is 0 Å². The lowest BCUT2D eigenvalue weighted by Gasteiger charge is -1.90. The van der Waals surface area contributed by atoms with E-state index >= 15 is 0 Å². The molecule has 0 aromatic carbocycles. The van der Waals surface area contributed by atoms with Gasteiger partial charge in [0.25, 0.3) is 0 Å². The van der Waals surface area contributed by atoms with Crippen LogP contribution in [0.15, 0.2) is 12.4 Å². The summed E-state index contributed by atoms with van der Waals surface area (Å²) in [4.78, 5) is 7.78. The van der Waals surface area contributed by atoms with Crippen LogP contribution in [-0.4, -0.2) is 9.97 Å². The molecule has 1 rings (SSSR count). The van der Waals surface area contributed by atoms with Gasteiger partial charge >= 0.3 is 0 Å². The first-order valence-corrected chi connectivity index (χ1v) is 3.85. The molecule has 0 unspecified atom stereocenters. The first-order valence-electron chi connectivity index (χ1n) is 2.35. The van der Waals surface area contributed by atoms with E-state index in [1.807, 2.05) is 0 Å². The molecule has 0 fully saturated rings. The zero-order valence-corrected chi connectivity index (χ0v) is 6.85. The molecular formula is C5H4BrClN2. The number of aromatic nitrogens is 2. The average molecular weight is 207 g/mol. The smallest absolute Gasteiger partial charge is 0.147 e. The summed E-state index contributed by atoms with van der Waals surface area (Å²) in [6.07, 6.45) is 3.16. The fraction of sp³-hybridized carbons (Fsp3) is 0.200. The maximum absolute atomic E-state index is 5.48. The van der Waals surface area contributed by atoms with E-state index in [2.05, 4.69) is 25.9 Å². The van der Waals surface area contributed by atoms with Gasteiger partial charge in [0.05, 0.1) is 18.1 Å². The number of alkyl halides is 1. The van der Waals surface area contributed by atoms with Gasteiger partial charge in [-0.25, -0.2) is 4.98 Å². The molecule has 9 heavy (non-hydrogen) atoms. The molecule has 2 nitrogen and oxygen atoms in total. The van der Waals surface area contributed by atoms with Crippen molar-refractivity contribution in [1.29, 1.82) is 0 Å². The van der Waals surface area contributed by atoms with Crippen LogP contribution in [0.2, 0.25) is 5.15 Å². The summed E-state index contributed by atoms with van der Waals surface area (Å²) in [7, 11) is 0. The predicted molar refractivity (Wildman–Crippen MR) is 39.7 cm³/mol. The molecule has 0 saturated carbocycles. The van der Waals surface area contributed by atoms with E-state index in [4.69, 9.17) is 11.6 Å². The average Bonchev–Trinajstić information content (AvgIpc) is 1.90. The van der Waals surface area contributed by atoms with Crippen molar-refractivity contribution < 1.29 is 0 Å². The number of nitrogens with zero attached hydrogens (tertiary/aromatic N) is 2. The minimum atomic E-state index is 0.430. The first kappa shape index (κ1) is 6.96. The molecule has 0 aliphatic rings. The predicted octanol–water partition coefficient (Wildman–Crippen LogP) is 2.02. The molecule has 1 heterocycles. The standard InChI is InChI=1S/C5H4BrClN2/c6-1-4-2-9-5(7)3-8-4/h2-3H,1H2. The highest BCUT2D eigenvalue weighted by atomic mass is 79.9. The van der Waals surface area contributed by atoms with Gasteiger partial charge in [-0.15, -0.1) is 0 Å². The van der Waals surface area contributed by atoms with Gasteiger partial charge in [-0.2, -0.15) is 0 Å². The summed E-state index contributed by atoms with van der Waals surface area (Å²) in [5, 5.41) is 1.15. The minimum absolute atomic E-state index is 0.430. The summed E-state index contributed by atoms with van der Waals surface area (Å²) < 4.78 is 0. The molecule has 0 amide bonds. The van der Waals surface area contributed by atoms with Crippen molar-refractivity contribution in [2.75, 3.05) is 0 Å². The zero-order valence-electron chi connectivity index (χ0n) is 4.51. The molecule has 0 aliphatic carbocycles. The van der Waals surface area contributed by atoms with Crippen LogP contribution in [0.25, 0.3) is 0 Å². The molecule has 0 atom stereocenters. The third-order valence-corrected chi connectivity index (χ3v) is 1.58. The maximum Gasteiger partial charge on any atom is 0.147 e. The van der Waals surface area contributed by atoms with Crippen LogP contribution in [0, 0.1) is 0 Å². The zero-order chi connectivity index (χ0) is 6.69. The molecule has 0 saturated heterocycles. The SMILES string of the molecule is Clc1cnc(CBr)cn1. The van der Waals surface area contributed by atoms with Gasteiger partial charge < -0.3 is 0 Å². The summed E-state index contributed by atoms with van der Waals surface area (Å²) in [5.41, 5.74) is 0.888. The monoisotopic (exact) mass is 206 g/mol. The minimum Gasteiger partial charge on any atom is -0.256 e. The van der Waals surface area contributed by atoms with Crippen molar-refractivity contribution >= 4 is 27.5 Å². The Balaban J connectivity index is 2.88. The van der Waals surface area contributed by atoms with Gasteiger partial charge in [0, 0.05) is 5.33 Å². The summed E-state index contributed by atoms with van der Waals surface area (Å²) in [6.45, 7) is 0. The summed E-state index contributed by atoms with van der Waals surface area (Å²) in [6, 6.07) is 0.